The lowest BCUT2D eigenvalue weighted by Gasteiger charge is -2.36. The van der Waals surface area contributed by atoms with Gasteiger partial charge in [0.25, 0.3) is 0 Å². The molecule has 2 nitrogen and oxygen atoms in total. The summed E-state index contributed by atoms with van der Waals surface area (Å²) in [5.74, 6) is 1.53. The van der Waals surface area contributed by atoms with Crippen molar-refractivity contribution in [1.29, 1.82) is 5.26 Å². The van der Waals surface area contributed by atoms with E-state index in [0.717, 1.165) is 49.0 Å². The van der Waals surface area contributed by atoms with Gasteiger partial charge >= 0.3 is 0 Å². The molecule has 4 rings (SSSR count). The van der Waals surface area contributed by atoms with Crippen LogP contribution in [0, 0.1) is 18.3 Å². The average Bonchev–Trinajstić information content (AvgIpc) is 2.60. The van der Waals surface area contributed by atoms with E-state index < -0.39 is 0 Å². The van der Waals surface area contributed by atoms with Gasteiger partial charge in [0, 0.05) is 0 Å². The highest BCUT2D eigenvalue weighted by molar-refractivity contribution is 5.50. The van der Waals surface area contributed by atoms with E-state index in [1.54, 1.807) is 0 Å². The van der Waals surface area contributed by atoms with Crippen LogP contribution in [0.4, 0.5) is 0 Å². The number of hydrogen-bond acceptors (Lipinski definition) is 2. The minimum atomic E-state index is -0.0535. The molecule has 0 bridgehead atoms. The Morgan fingerprint density at radius 2 is 1.96 bits per heavy atom. The SMILES string of the molecule is Cc1ccc(C2CCc3c(ccc4c3CCC(C)(C)O4)C2)c(C#N)c1. The Kier molecular flexibility index (Phi) is 3.84. The minimum Gasteiger partial charge on any atom is -0.488 e. The minimum absolute atomic E-state index is 0.0535. The number of benzene rings is 2. The van der Waals surface area contributed by atoms with Crippen LogP contribution in [0.2, 0.25) is 0 Å². The molecule has 25 heavy (non-hydrogen) atoms. The maximum atomic E-state index is 9.51. The highest BCUT2D eigenvalue weighted by Crippen LogP contribution is 2.42. The van der Waals surface area contributed by atoms with Gasteiger partial charge in [-0.1, -0.05) is 18.2 Å². The van der Waals surface area contributed by atoms with Crippen molar-refractivity contribution in [2.45, 2.75) is 64.4 Å². The maximum absolute atomic E-state index is 9.51. The second-order valence-electron chi connectivity index (χ2n) is 8.18. The Morgan fingerprint density at radius 3 is 2.76 bits per heavy atom. The molecule has 2 heteroatoms. The summed E-state index contributed by atoms with van der Waals surface area (Å²) in [5, 5.41) is 9.51. The average molecular weight is 331 g/mol. The van der Waals surface area contributed by atoms with Gasteiger partial charge in [-0.2, -0.15) is 5.26 Å². The Hall–Kier alpha value is -2.27. The molecule has 1 atom stereocenters. The molecule has 0 saturated carbocycles. The normalized spacial score (nSPS) is 20.8. The topological polar surface area (TPSA) is 33.0 Å². The molecule has 0 aromatic heterocycles. The fraction of sp³-hybridized carbons (Fsp3) is 0.435. The summed E-state index contributed by atoms with van der Waals surface area (Å²) in [4.78, 5) is 0. The summed E-state index contributed by atoms with van der Waals surface area (Å²) >= 11 is 0. The molecule has 0 radical (unpaired) electrons. The number of aryl methyl sites for hydroxylation is 1. The second kappa shape index (κ2) is 5.92. The van der Waals surface area contributed by atoms with E-state index in [1.165, 1.54) is 22.3 Å². The molecular formula is C23H25NO. The van der Waals surface area contributed by atoms with Crippen LogP contribution < -0.4 is 4.74 Å². The lowest BCUT2D eigenvalue weighted by Crippen LogP contribution is -2.33. The lowest BCUT2D eigenvalue weighted by atomic mass is 9.76. The highest BCUT2D eigenvalue weighted by atomic mass is 16.5. The molecule has 1 heterocycles. The zero-order valence-electron chi connectivity index (χ0n) is 15.4. The van der Waals surface area contributed by atoms with Gasteiger partial charge in [0.05, 0.1) is 11.6 Å². The van der Waals surface area contributed by atoms with E-state index in [0.29, 0.717) is 5.92 Å². The molecular weight excluding hydrogens is 306 g/mol. The molecule has 0 spiro atoms. The summed E-state index contributed by atoms with van der Waals surface area (Å²) in [7, 11) is 0. The van der Waals surface area contributed by atoms with Gasteiger partial charge in [-0.05, 0) is 98.7 Å². The summed E-state index contributed by atoms with van der Waals surface area (Å²) in [6.07, 6.45) is 5.43. The monoisotopic (exact) mass is 331 g/mol. The smallest absolute Gasteiger partial charge is 0.123 e. The van der Waals surface area contributed by atoms with Gasteiger partial charge in [0.1, 0.15) is 11.4 Å². The van der Waals surface area contributed by atoms with Crippen molar-refractivity contribution in [3.05, 3.63) is 63.7 Å². The van der Waals surface area contributed by atoms with Crippen LogP contribution >= 0.6 is 0 Å². The molecule has 1 aliphatic heterocycles. The summed E-state index contributed by atoms with van der Waals surface area (Å²) in [6, 6.07) is 13.1. The summed E-state index contributed by atoms with van der Waals surface area (Å²) in [5.41, 5.74) is 7.55. The van der Waals surface area contributed by atoms with Crippen LogP contribution in [0.1, 0.15) is 66.0 Å². The number of fused-ring (bicyclic) bond motifs is 3. The second-order valence-corrected chi connectivity index (χ2v) is 8.18. The van der Waals surface area contributed by atoms with Crippen molar-refractivity contribution in [2.75, 3.05) is 0 Å². The Labute approximate surface area is 150 Å². The molecule has 1 unspecified atom stereocenters. The van der Waals surface area contributed by atoms with Crippen molar-refractivity contribution in [2.24, 2.45) is 0 Å². The van der Waals surface area contributed by atoms with Crippen molar-refractivity contribution in [1.82, 2.24) is 0 Å². The molecule has 1 aliphatic carbocycles. The van der Waals surface area contributed by atoms with E-state index in [-0.39, 0.29) is 5.60 Å². The summed E-state index contributed by atoms with van der Waals surface area (Å²) in [6.45, 7) is 6.40. The van der Waals surface area contributed by atoms with Crippen LogP contribution in [0.5, 0.6) is 5.75 Å². The molecule has 2 aromatic rings. The fourth-order valence-electron chi connectivity index (χ4n) is 4.44. The van der Waals surface area contributed by atoms with Crippen LogP contribution in [0.25, 0.3) is 0 Å². The number of ether oxygens (including phenoxy) is 1. The Morgan fingerprint density at radius 1 is 1.12 bits per heavy atom. The van der Waals surface area contributed by atoms with E-state index in [1.807, 2.05) is 6.07 Å². The van der Waals surface area contributed by atoms with Crippen LogP contribution in [0.3, 0.4) is 0 Å². The van der Waals surface area contributed by atoms with Crippen LogP contribution in [-0.4, -0.2) is 5.60 Å². The van der Waals surface area contributed by atoms with Gasteiger partial charge in [0.2, 0.25) is 0 Å². The van der Waals surface area contributed by atoms with Crippen LogP contribution in [-0.2, 0) is 19.3 Å². The van der Waals surface area contributed by atoms with Crippen molar-refractivity contribution >= 4 is 0 Å². The molecule has 128 valence electrons. The van der Waals surface area contributed by atoms with Gasteiger partial charge in [0.15, 0.2) is 0 Å². The molecule has 0 saturated heterocycles. The molecule has 2 aliphatic rings. The molecule has 0 fully saturated rings. The third kappa shape index (κ3) is 2.93. The standard InChI is InChI=1S/C23H25NO/c1-15-4-7-19(18(12-15)14-24)16-5-8-20-17(13-16)6-9-22-21(20)10-11-23(2,3)25-22/h4,6-7,9,12,16H,5,8,10-11,13H2,1-3H3. The highest BCUT2D eigenvalue weighted by Gasteiger charge is 2.31. The number of hydrogen-bond donors (Lipinski definition) is 0. The quantitative estimate of drug-likeness (QED) is 0.715. The fourth-order valence-corrected chi connectivity index (χ4v) is 4.44. The van der Waals surface area contributed by atoms with Gasteiger partial charge < -0.3 is 4.74 Å². The predicted molar refractivity (Wildman–Crippen MR) is 100 cm³/mol. The van der Waals surface area contributed by atoms with E-state index in [2.05, 4.69) is 51.1 Å². The lowest BCUT2D eigenvalue weighted by molar-refractivity contribution is 0.0842. The third-order valence-electron chi connectivity index (χ3n) is 5.83. The van der Waals surface area contributed by atoms with E-state index in [9.17, 15) is 5.26 Å². The zero-order chi connectivity index (χ0) is 17.6. The first-order chi connectivity index (χ1) is 12.0. The number of nitrogens with zero attached hydrogens (tertiary/aromatic N) is 1. The van der Waals surface area contributed by atoms with Gasteiger partial charge in [-0.3, -0.25) is 0 Å². The van der Waals surface area contributed by atoms with E-state index >= 15 is 0 Å². The van der Waals surface area contributed by atoms with E-state index in [4.69, 9.17) is 4.74 Å². The van der Waals surface area contributed by atoms with Gasteiger partial charge in [-0.15, -0.1) is 0 Å². The largest absolute Gasteiger partial charge is 0.488 e. The van der Waals surface area contributed by atoms with Crippen molar-refractivity contribution < 1.29 is 4.74 Å². The first kappa shape index (κ1) is 16.2. The summed E-state index contributed by atoms with van der Waals surface area (Å²) < 4.78 is 6.20. The zero-order valence-corrected chi connectivity index (χ0v) is 15.4. The molecule has 0 amide bonds. The van der Waals surface area contributed by atoms with Crippen molar-refractivity contribution in [3.8, 4) is 11.8 Å². The Balaban J connectivity index is 1.67. The number of rotatable bonds is 1. The maximum Gasteiger partial charge on any atom is 0.123 e. The predicted octanol–water partition coefficient (Wildman–Crippen LogP) is 5.24. The van der Waals surface area contributed by atoms with Crippen molar-refractivity contribution in [3.63, 3.8) is 0 Å². The van der Waals surface area contributed by atoms with Gasteiger partial charge in [-0.25, -0.2) is 0 Å². The first-order valence-corrected chi connectivity index (χ1v) is 9.30. The first-order valence-electron chi connectivity index (χ1n) is 9.30. The molecule has 0 N–H and O–H groups in total. The Bertz CT molecular complexity index is 872. The third-order valence-corrected chi connectivity index (χ3v) is 5.83. The van der Waals surface area contributed by atoms with Crippen LogP contribution in [0.15, 0.2) is 30.3 Å². The number of nitriles is 1. The molecule has 2 aromatic carbocycles.